The largest absolute Gasteiger partial charge is 0.354 e. The van der Waals surface area contributed by atoms with Crippen LogP contribution >= 0.6 is 0 Å². The molecule has 3 N–H and O–H groups in total. The lowest BCUT2D eigenvalue weighted by Crippen LogP contribution is -2.46. The second kappa shape index (κ2) is 8.95. The predicted octanol–water partition coefficient (Wildman–Crippen LogP) is 1.29. The SMILES string of the molecule is CCC(C)(C)C(=O)NCCNC(C)C(=O)NCC(C)C. The van der Waals surface area contributed by atoms with E-state index in [1.54, 1.807) is 0 Å². The fourth-order valence-corrected chi connectivity index (χ4v) is 1.42. The Bertz CT molecular complexity index is 314. The molecule has 0 bridgehead atoms. The first-order valence-corrected chi connectivity index (χ1v) is 7.50. The molecular formula is C15H31N3O2. The van der Waals surface area contributed by atoms with Crippen LogP contribution in [0.15, 0.2) is 0 Å². The van der Waals surface area contributed by atoms with Crippen LogP contribution in [0.1, 0.15) is 48.0 Å². The van der Waals surface area contributed by atoms with Crippen molar-refractivity contribution in [2.75, 3.05) is 19.6 Å². The first-order valence-electron chi connectivity index (χ1n) is 7.50. The van der Waals surface area contributed by atoms with Gasteiger partial charge in [-0.3, -0.25) is 9.59 Å². The molecule has 0 heterocycles. The van der Waals surface area contributed by atoms with Crippen LogP contribution in [0.25, 0.3) is 0 Å². The second-order valence-corrected chi connectivity index (χ2v) is 6.31. The highest BCUT2D eigenvalue weighted by Crippen LogP contribution is 2.18. The number of hydrogen-bond acceptors (Lipinski definition) is 3. The van der Waals surface area contributed by atoms with Gasteiger partial charge in [-0.05, 0) is 19.3 Å². The molecule has 0 fully saturated rings. The summed E-state index contributed by atoms with van der Waals surface area (Å²) < 4.78 is 0. The first kappa shape index (κ1) is 18.9. The van der Waals surface area contributed by atoms with Crippen molar-refractivity contribution in [2.45, 2.75) is 54.0 Å². The van der Waals surface area contributed by atoms with Crippen LogP contribution in [0, 0.1) is 11.3 Å². The Kier molecular flexibility index (Phi) is 8.46. The molecule has 1 unspecified atom stereocenters. The third-order valence-corrected chi connectivity index (χ3v) is 3.44. The van der Waals surface area contributed by atoms with Crippen molar-refractivity contribution in [3.05, 3.63) is 0 Å². The van der Waals surface area contributed by atoms with Crippen LogP contribution in [-0.4, -0.2) is 37.5 Å². The van der Waals surface area contributed by atoms with E-state index >= 15 is 0 Å². The molecule has 1 atom stereocenters. The molecule has 0 aliphatic heterocycles. The summed E-state index contributed by atoms with van der Waals surface area (Å²) in [4.78, 5) is 23.6. The lowest BCUT2D eigenvalue weighted by Gasteiger charge is -2.22. The van der Waals surface area contributed by atoms with Gasteiger partial charge in [0, 0.05) is 25.0 Å². The molecular weight excluding hydrogens is 254 g/mol. The summed E-state index contributed by atoms with van der Waals surface area (Å²) in [6.45, 7) is 13.6. The average Bonchev–Trinajstić information content (AvgIpc) is 2.39. The van der Waals surface area contributed by atoms with E-state index in [1.165, 1.54) is 0 Å². The van der Waals surface area contributed by atoms with Gasteiger partial charge in [-0.2, -0.15) is 0 Å². The predicted molar refractivity (Wildman–Crippen MR) is 82.4 cm³/mol. The second-order valence-electron chi connectivity index (χ2n) is 6.31. The van der Waals surface area contributed by atoms with E-state index < -0.39 is 0 Å². The van der Waals surface area contributed by atoms with Gasteiger partial charge in [0.15, 0.2) is 0 Å². The molecule has 0 aliphatic carbocycles. The van der Waals surface area contributed by atoms with Crippen molar-refractivity contribution < 1.29 is 9.59 Å². The summed E-state index contributed by atoms with van der Waals surface area (Å²) in [5, 5.41) is 8.87. The highest BCUT2D eigenvalue weighted by molar-refractivity contribution is 5.82. The quantitative estimate of drug-likeness (QED) is 0.559. The van der Waals surface area contributed by atoms with E-state index in [1.807, 2.05) is 27.7 Å². The molecule has 118 valence electrons. The van der Waals surface area contributed by atoms with E-state index in [0.717, 1.165) is 6.42 Å². The van der Waals surface area contributed by atoms with E-state index in [2.05, 4.69) is 29.8 Å². The molecule has 0 saturated carbocycles. The molecule has 0 aromatic rings. The van der Waals surface area contributed by atoms with Crippen LogP contribution < -0.4 is 16.0 Å². The molecule has 0 saturated heterocycles. The highest BCUT2D eigenvalue weighted by atomic mass is 16.2. The average molecular weight is 285 g/mol. The third kappa shape index (κ3) is 7.48. The minimum Gasteiger partial charge on any atom is -0.354 e. The van der Waals surface area contributed by atoms with Gasteiger partial charge in [0.1, 0.15) is 0 Å². The molecule has 0 rings (SSSR count). The summed E-state index contributed by atoms with van der Waals surface area (Å²) >= 11 is 0. The summed E-state index contributed by atoms with van der Waals surface area (Å²) in [5.74, 6) is 0.499. The van der Waals surface area contributed by atoms with Gasteiger partial charge in [0.2, 0.25) is 11.8 Å². The first-order chi connectivity index (χ1) is 9.20. The zero-order valence-electron chi connectivity index (χ0n) is 13.8. The zero-order valence-corrected chi connectivity index (χ0v) is 13.8. The molecule has 0 aromatic heterocycles. The lowest BCUT2D eigenvalue weighted by molar-refractivity contribution is -0.129. The fraction of sp³-hybridized carbons (Fsp3) is 0.867. The van der Waals surface area contributed by atoms with Crippen molar-refractivity contribution in [3.8, 4) is 0 Å². The van der Waals surface area contributed by atoms with Crippen molar-refractivity contribution in [1.29, 1.82) is 0 Å². The van der Waals surface area contributed by atoms with Gasteiger partial charge < -0.3 is 16.0 Å². The highest BCUT2D eigenvalue weighted by Gasteiger charge is 2.24. The number of hydrogen-bond donors (Lipinski definition) is 3. The molecule has 0 aliphatic rings. The van der Waals surface area contributed by atoms with Crippen LogP contribution in [0.5, 0.6) is 0 Å². The minimum absolute atomic E-state index is 0.00101. The summed E-state index contributed by atoms with van der Waals surface area (Å²) in [5.41, 5.74) is -0.333. The Hall–Kier alpha value is -1.10. The van der Waals surface area contributed by atoms with Crippen molar-refractivity contribution in [3.63, 3.8) is 0 Å². The number of rotatable bonds is 9. The Labute approximate surface area is 123 Å². The Morgan fingerprint density at radius 3 is 2.15 bits per heavy atom. The maximum absolute atomic E-state index is 11.8. The van der Waals surface area contributed by atoms with E-state index in [-0.39, 0.29) is 23.3 Å². The van der Waals surface area contributed by atoms with Gasteiger partial charge >= 0.3 is 0 Å². The van der Waals surface area contributed by atoms with Gasteiger partial charge in [-0.15, -0.1) is 0 Å². The van der Waals surface area contributed by atoms with E-state index in [4.69, 9.17) is 0 Å². The molecule has 5 nitrogen and oxygen atoms in total. The Morgan fingerprint density at radius 2 is 1.65 bits per heavy atom. The van der Waals surface area contributed by atoms with Gasteiger partial charge in [0.05, 0.1) is 6.04 Å². The normalized spacial score (nSPS) is 13.2. The van der Waals surface area contributed by atoms with E-state index in [0.29, 0.717) is 25.6 Å². The van der Waals surface area contributed by atoms with E-state index in [9.17, 15) is 9.59 Å². The molecule has 20 heavy (non-hydrogen) atoms. The minimum atomic E-state index is -0.333. The summed E-state index contributed by atoms with van der Waals surface area (Å²) in [6.07, 6.45) is 0.806. The lowest BCUT2D eigenvalue weighted by atomic mass is 9.89. The fourth-order valence-electron chi connectivity index (χ4n) is 1.42. The molecule has 0 radical (unpaired) electrons. The summed E-state index contributed by atoms with van der Waals surface area (Å²) in [7, 11) is 0. The zero-order chi connectivity index (χ0) is 15.8. The monoisotopic (exact) mass is 285 g/mol. The Balaban J connectivity index is 3.84. The van der Waals surface area contributed by atoms with Gasteiger partial charge in [-0.25, -0.2) is 0 Å². The third-order valence-electron chi connectivity index (χ3n) is 3.44. The number of carbonyl (C=O) groups is 2. The van der Waals surface area contributed by atoms with Crippen molar-refractivity contribution >= 4 is 11.8 Å². The van der Waals surface area contributed by atoms with Crippen molar-refractivity contribution in [1.82, 2.24) is 16.0 Å². The topological polar surface area (TPSA) is 70.2 Å². The molecule has 0 spiro atoms. The van der Waals surface area contributed by atoms with Crippen molar-refractivity contribution in [2.24, 2.45) is 11.3 Å². The Morgan fingerprint density at radius 1 is 1.05 bits per heavy atom. The van der Waals surface area contributed by atoms with Crippen LogP contribution in [0.4, 0.5) is 0 Å². The van der Waals surface area contributed by atoms with Crippen LogP contribution in [0.3, 0.4) is 0 Å². The summed E-state index contributed by atoms with van der Waals surface area (Å²) in [6, 6.07) is -0.246. The smallest absolute Gasteiger partial charge is 0.236 e. The van der Waals surface area contributed by atoms with Gasteiger partial charge in [0.25, 0.3) is 0 Å². The molecule has 5 heteroatoms. The maximum Gasteiger partial charge on any atom is 0.236 e. The van der Waals surface area contributed by atoms with Crippen LogP contribution in [0.2, 0.25) is 0 Å². The van der Waals surface area contributed by atoms with Crippen LogP contribution in [-0.2, 0) is 9.59 Å². The molecule has 0 aromatic carbocycles. The standard InChI is InChI=1S/C15H31N3O2/c1-7-15(5,6)14(20)17-9-8-16-12(4)13(19)18-10-11(2)3/h11-12,16H,7-10H2,1-6H3,(H,17,20)(H,18,19). The number of nitrogens with one attached hydrogen (secondary N) is 3. The number of carbonyl (C=O) groups excluding carboxylic acids is 2. The van der Waals surface area contributed by atoms with Gasteiger partial charge in [-0.1, -0.05) is 34.6 Å². The molecule has 2 amide bonds. The maximum atomic E-state index is 11.8. The number of amides is 2.